The van der Waals surface area contributed by atoms with Gasteiger partial charge in [0.1, 0.15) is 0 Å². The summed E-state index contributed by atoms with van der Waals surface area (Å²) in [5.41, 5.74) is 10.1. The van der Waals surface area contributed by atoms with Gasteiger partial charge in [-0.3, -0.25) is 0 Å². The molecule has 2 aliphatic rings. The number of nitrogen functional groups attached to an aromatic ring is 1. The van der Waals surface area contributed by atoms with E-state index in [1.54, 1.807) is 0 Å². The van der Waals surface area contributed by atoms with Crippen molar-refractivity contribution in [2.75, 3.05) is 5.73 Å². The SMILES string of the molecule is Nc1cccc(-c2nc(C3CC3)cc(C3CC3)n2)c1. The number of nitrogens with two attached hydrogens (primary N) is 1. The van der Waals surface area contributed by atoms with E-state index in [4.69, 9.17) is 15.7 Å². The zero-order valence-electron chi connectivity index (χ0n) is 10.8. The van der Waals surface area contributed by atoms with Gasteiger partial charge >= 0.3 is 0 Å². The number of hydrogen-bond acceptors (Lipinski definition) is 3. The molecule has 2 aromatic rings. The van der Waals surface area contributed by atoms with Crippen LogP contribution in [0, 0.1) is 0 Å². The van der Waals surface area contributed by atoms with Crippen molar-refractivity contribution < 1.29 is 0 Å². The van der Waals surface area contributed by atoms with Crippen molar-refractivity contribution in [3.8, 4) is 11.4 Å². The molecule has 2 N–H and O–H groups in total. The maximum Gasteiger partial charge on any atom is 0.159 e. The van der Waals surface area contributed by atoms with Gasteiger partial charge in [0.05, 0.1) is 0 Å². The van der Waals surface area contributed by atoms with Crippen LogP contribution in [0.15, 0.2) is 30.3 Å². The van der Waals surface area contributed by atoms with Crippen molar-refractivity contribution in [1.29, 1.82) is 0 Å². The Kier molecular flexibility index (Phi) is 2.34. The van der Waals surface area contributed by atoms with Gasteiger partial charge < -0.3 is 5.73 Å². The van der Waals surface area contributed by atoms with E-state index >= 15 is 0 Å². The third kappa shape index (κ3) is 2.21. The fourth-order valence-corrected chi connectivity index (χ4v) is 2.47. The van der Waals surface area contributed by atoms with E-state index in [1.165, 1.54) is 37.1 Å². The van der Waals surface area contributed by atoms with Gasteiger partial charge in [0.15, 0.2) is 5.82 Å². The van der Waals surface area contributed by atoms with Gasteiger partial charge in [-0.2, -0.15) is 0 Å². The monoisotopic (exact) mass is 251 g/mol. The number of anilines is 1. The van der Waals surface area contributed by atoms with E-state index in [2.05, 4.69) is 6.07 Å². The second kappa shape index (κ2) is 4.05. The zero-order chi connectivity index (χ0) is 12.8. The number of rotatable bonds is 3. The van der Waals surface area contributed by atoms with Gasteiger partial charge in [0.2, 0.25) is 0 Å². The number of aromatic nitrogens is 2. The summed E-state index contributed by atoms with van der Waals surface area (Å²) in [6, 6.07) is 10.1. The second-order valence-electron chi connectivity index (χ2n) is 5.72. The Morgan fingerprint density at radius 1 is 0.895 bits per heavy atom. The summed E-state index contributed by atoms with van der Waals surface area (Å²) in [4.78, 5) is 9.50. The highest BCUT2D eigenvalue weighted by molar-refractivity contribution is 5.61. The molecule has 19 heavy (non-hydrogen) atoms. The summed E-state index contributed by atoms with van der Waals surface area (Å²) in [6.45, 7) is 0. The normalized spacial score (nSPS) is 18.5. The molecule has 1 aromatic heterocycles. The van der Waals surface area contributed by atoms with Crippen LogP contribution in [0.1, 0.15) is 48.9 Å². The maximum absolute atomic E-state index is 5.86. The molecule has 0 unspecified atom stereocenters. The number of hydrogen-bond donors (Lipinski definition) is 1. The van der Waals surface area contributed by atoms with Crippen molar-refractivity contribution in [3.63, 3.8) is 0 Å². The molecule has 96 valence electrons. The van der Waals surface area contributed by atoms with Crippen molar-refractivity contribution in [2.45, 2.75) is 37.5 Å². The summed E-state index contributed by atoms with van der Waals surface area (Å²) < 4.78 is 0. The molecule has 3 heteroatoms. The van der Waals surface area contributed by atoms with Crippen LogP contribution in [-0.2, 0) is 0 Å². The van der Waals surface area contributed by atoms with Crippen LogP contribution in [0.5, 0.6) is 0 Å². The molecule has 0 bridgehead atoms. The Morgan fingerprint density at radius 3 is 2.05 bits per heavy atom. The first-order valence-corrected chi connectivity index (χ1v) is 7.04. The zero-order valence-corrected chi connectivity index (χ0v) is 10.8. The van der Waals surface area contributed by atoms with E-state index in [9.17, 15) is 0 Å². The quantitative estimate of drug-likeness (QED) is 0.850. The lowest BCUT2D eigenvalue weighted by molar-refractivity contribution is 0.930. The molecule has 2 saturated carbocycles. The molecular weight excluding hydrogens is 234 g/mol. The maximum atomic E-state index is 5.86. The average molecular weight is 251 g/mol. The highest BCUT2D eigenvalue weighted by Crippen LogP contribution is 2.44. The van der Waals surface area contributed by atoms with E-state index in [0.717, 1.165) is 17.1 Å². The third-order valence-corrected chi connectivity index (χ3v) is 3.90. The lowest BCUT2D eigenvalue weighted by atomic mass is 10.1. The summed E-state index contributed by atoms with van der Waals surface area (Å²) in [5.74, 6) is 2.18. The first-order valence-electron chi connectivity index (χ1n) is 7.04. The topological polar surface area (TPSA) is 51.8 Å². The molecule has 1 heterocycles. The Hall–Kier alpha value is -1.90. The molecular formula is C16H17N3. The number of nitrogens with zero attached hydrogens (tertiary/aromatic N) is 2. The molecule has 0 spiro atoms. The van der Waals surface area contributed by atoms with Crippen LogP contribution in [0.25, 0.3) is 11.4 Å². The van der Waals surface area contributed by atoms with Crippen LogP contribution >= 0.6 is 0 Å². The largest absolute Gasteiger partial charge is 0.399 e. The molecule has 4 rings (SSSR count). The van der Waals surface area contributed by atoms with Gasteiger partial charge in [-0.25, -0.2) is 9.97 Å². The highest BCUT2D eigenvalue weighted by Gasteiger charge is 2.30. The summed E-state index contributed by atoms with van der Waals surface area (Å²) >= 11 is 0. The molecule has 0 aliphatic heterocycles. The van der Waals surface area contributed by atoms with E-state index in [0.29, 0.717) is 11.8 Å². The molecule has 3 nitrogen and oxygen atoms in total. The molecule has 1 aromatic carbocycles. The molecule has 2 aliphatic carbocycles. The van der Waals surface area contributed by atoms with Crippen LogP contribution in [0.2, 0.25) is 0 Å². The van der Waals surface area contributed by atoms with Crippen LogP contribution in [0.4, 0.5) is 5.69 Å². The second-order valence-corrected chi connectivity index (χ2v) is 5.72. The third-order valence-electron chi connectivity index (χ3n) is 3.90. The predicted molar refractivity (Wildman–Crippen MR) is 75.8 cm³/mol. The van der Waals surface area contributed by atoms with E-state index in [-0.39, 0.29) is 0 Å². The molecule has 0 saturated heterocycles. The minimum Gasteiger partial charge on any atom is -0.399 e. The van der Waals surface area contributed by atoms with Gasteiger partial charge in [-0.05, 0) is 43.9 Å². The molecule has 2 fully saturated rings. The Bertz CT molecular complexity index is 597. The van der Waals surface area contributed by atoms with Crippen LogP contribution < -0.4 is 5.73 Å². The molecule has 0 amide bonds. The van der Waals surface area contributed by atoms with Gasteiger partial charge in [-0.1, -0.05) is 12.1 Å². The van der Waals surface area contributed by atoms with E-state index in [1.807, 2.05) is 24.3 Å². The predicted octanol–water partition coefficient (Wildman–Crippen LogP) is 3.48. The van der Waals surface area contributed by atoms with Crippen molar-refractivity contribution in [1.82, 2.24) is 9.97 Å². The van der Waals surface area contributed by atoms with Crippen molar-refractivity contribution in [2.24, 2.45) is 0 Å². The standard InChI is InChI=1S/C16H17N3/c17-13-3-1-2-12(8-13)16-18-14(10-4-5-10)9-15(19-16)11-6-7-11/h1-3,8-11H,4-7,17H2. The van der Waals surface area contributed by atoms with Crippen molar-refractivity contribution in [3.05, 3.63) is 41.7 Å². The number of benzene rings is 1. The van der Waals surface area contributed by atoms with Crippen LogP contribution in [-0.4, -0.2) is 9.97 Å². The minimum atomic E-state index is 0.667. The van der Waals surface area contributed by atoms with Crippen molar-refractivity contribution >= 4 is 5.69 Å². The fourth-order valence-electron chi connectivity index (χ4n) is 2.47. The first-order chi connectivity index (χ1) is 9.29. The Morgan fingerprint density at radius 2 is 1.53 bits per heavy atom. The molecule has 0 radical (unpaired) electrons. The van der Waals surface area contributed by atoms with Gasteiger partial charge in [0.25, 0.3) is 0 Å². The van der Waals surface area contributed by atoms with Gasteiger partial charge in [0, 0.05) is 34.5 Å². The first kappa shape index (κ1) is 11.0. The van der Waals surface area contributed by atoms with Crippen LogP contribution in [0.3, 0.4) is 0 Å². The highest BCUT2D eigenvalue weighted by atomic mass is 14.9. The summed E-state index contributed by atoms with van der Waals surface area (Å²) in [5, 5.41) is 0. The lowest BCUT2D eigenvalue weighted by Gasteiger charge is -2.07. The van der Waals surface area contributed by atoms with E-state index < -0.39 is 0 Å². The Labute approximate surface area is 112 Å². The molecule has 0 atom stereocenters. The minimum absolute atomic E-state index is 0.667. The van der Waals surface area contributed by atoms with Gasteiger partial charge in [-0.15, -0.1) is 0 Å². The lowest BCUT2D eigenvalue weighted by Crippen LogP contribution is -1.99. The Balaban J connectivity index is 1.81. The summed E-state index contributed by atoms with van der Waals surface area (Å²) in [7, 11) is 0. The fraction of sp³-hybridized carbons (Fsp3) is 0.375. The average Bonchev–Trinajstić information content (AvgIpc) is 3.31. The smallest absolute Gasteiger partial charge is 0.159 e. The summed E-state index contributed by atoms with van der Waals surface area (Å²) in [6.07, 6.45) is 5.10.